The van der Waals surface area contributed by atoms with Gasteiger partial charge in [0.05, 0.1) is 23.3 Å². The van der Waals surface area contributed by atoms with Gasteiger partial charge in [0.15, 0.2) is 0 Å². The van der Waals surface area contributed by atoms with Crippen LogP contribution in [0.15, 0.2) is 104 Å². The van der Waals surface area contributed by atoms with E-state index in [4.69, 9.17) is 10.5 Å². The van der Waals surface area contributed by atoms with Gasteiger partial charge in [-0.3, -0.25) is 0 Å². The summed E-state index contributed by atoms with van der Waals surface area (Å²) in [7, 11) is 0. The van der Waals surface area contributed by atoms with Crippen molar-refractivity contribution in [2.75, 3.05) is 0 Å². The van der Waals surface area contributed by atoms with Gasteiger partial charge in [0.1, 0.15) is 0 Å². The van der Waals surface area contributed by atoms with Crippen molar-refractivity contribution in [3.05, 3.63) is 127 Å². The number of benzene rings is 4. The molecule has 0 aromatic heterocycles. The number of rotatable bonds is 6. The van der Waals surface area contributed by atoms with E-state index in [2.05, 4.69) is 80.4 Å². The molecule has 0 aliphatic heterocycles. The summed E-state index contributed by atoms with van der Waals surface area (Å²) in [5, 5.41) is 18.1. The lowest BCUT2D eigenvalue weighted by Gasteiger charge is -2.15. The minimum absolute atomic E-state index is 0.669. The maximum Gasteiger partial charge on any atom is 0.0991 e. The van der Waals surface area contributed by atoms with Gasteiger partial charge in [-0.1, -0.05) is 80.0 Å². The Bertz CT molecular complexity index is 1260. The van der Waals surface area contributed by atoms with E-state index in [1.165, 1.54) is 20.9 Å². The second kappa shape index (κ2) is 10.9. The molecule has 0 amide bonds. The lowest BCUT2D eigenvalue weighted by molar-refractivity contribution is 1.09. The van der Waals surface area contributed by atoms with Crippen LogP contribution >= 0.6 is 43.6 Å². The molecule has 4 rings (SSSR count). The van der Waals surface area contributed by atoms with Crippen molar-refractivity contribution in [1.29, 1.82) is 10.5 Å². The van der Waals surface area contributed by atoms with Gasteiger partial charge in [-0.25, -0.2) is 0 Å². The molecule has 0 radical (unpaired) electrons. The Balaban J connectivity index is 1.65. The third-order valence-corrected chi connectivity index (χ3v) is 7.99. The topological polar surface area (TPSA) is 47.6 Å². The predicted octanol–water partition coefficient (Wildman–Crippen LogP) is 8.29. The van der Waals surface area contributed by atoms with E-state index >= 15 is 0 Å². The van der Waals surface area contributed by atoms with Crippen LogP contribution in [0.25, 0.3) is 0 Å². The van der Waals surface area contributed by atoms with Gasteiger partial charge in [-0.15, -0.1) is 0 Å². The quantitative estimate of drug-likeness (QED) is 0.233. The van der Waals surface area contributed by atoms with Crippen LogP contribution in [0.5, 0.6) is 0 Å². The minimum Gasteiger partial charge on any atom is -0.192 e. The Morgan fingerprint density at radius 1 is 0.576 bits per heavy atom. The zero-order valence-electron chi connectivity index (χ0n) is 17.6. The van der Waals surface area contributed by atoms with Crippen LogP contribution in [0.2, 0.25) is 0 Å². The second-order valence-corrected chi connectivity index (χ2v) is 10.3. The van der Waals surface area contributed by atoms with Crippen molar-refractivity contribution < 1.29 is 0 Å². The van der Waals surface area contributed by atoms with E-state index in [1.54, 1.807) is 11.8 Å². The van der Waals surface area contributed by atoms with Crippen LogP contribution in [0.3, 0.4) is 0 Å². The molecule has 33 heavy (non-hydrogen) atoms. The summed E-state index contributed by atoms with van der Waals surface area (Å²) >= 11 is 9.25. The fourth-order valence-electron chi connectivity index (χ4n) is 3.53. The fourth-order valence-corrected chi connectivity index (χ4v) is 5.95. The summed E-state index contributed by atoms with van der Waals surface area (Å²) < 4.78 is 2.14. The molecule has 0 fully saturated rings. The summed E-state index contributed by atoms with van der Waals surface area (Å²) in [6.07, 6.45) is 1.54. The Morgan fingerprint density at radius 2 is 0.970 bits per heavy atom. The molecule has 0 saturated heterocycles. The molecule has 0 saturated carbocycles. The van der Waals surface area contributed by atoms with Crippen molar-refractivity contribution in [1.82, 2.24) is 0 Å². The standard InChI is InChI=1S/C28H18Br2N2S/c29-25-3-1-5-27(23(25)15-19-7-11-21(17-31)12-8-19)33-28-6-2-4-26(30)24(28)16-20-9-13-22(18-32)14-10-20/h1-14H,15-16H2. The molecule has 2 nitrogen and oxygen atoms in total. The number of halogens is 2. The van der Waals surface area contributed by atoms with Gasteiger partial charge in [0.25, 0.3) is 0 Å². The maximum atomic E-state index is 9.07. The Labute approximate surface area is 215 Å². The van der Waals surface area contributed by atoms with Crippen LogP contribution < -0.4 is 0 Å². The van der Waals surface area contributed by atoms with Crippen molar-refractivity contribution in [3.8, 4) is 12.1 Å². The molecule has 0 aliphatic rings. The normalized spacial score (nSPS) is 10.4. The smallest absolute Gasteiger partial charge is 0.0991 e. The summed E-state index contributed by atoms with van der Waals surface area (Å²) in [4.78, 5) is 2.38. The highest BCUT2D eigenvalue weighted by Crippen LogP contribution is 2.39. The monoisotopic (exact) mass is 572 g/mol. The molecular formula is C28H18Br2N2S. The Hall–Kier alpha value is -2.83. The van der Waals surface area contributed by atoms with Crippen LogP contribution in [0.4, 0.5) is 0 Å². The van der Waals surface area contributed by atoms with E-state index in [1.807, 2.05) is 48.5 Å². The van der Waals surface area contributed by atoms with Gasteiger partial charge in [-0.05, 0) is 83.6 Å². The first kappa shape index (κ1) is 23.3. The van der Waals surface area contributed by atoms with Crippen LogP contribution in [0.1, 0.15) is 33.4 Å². The van der Waals surface area contributed by atoms with Crippen molar-refractivity contribution in [2.45, 2.75) is 22.6 Å². The van der Waals surface area contributed by atoms with E-state index in [0.717, 1.165) is 32.9 Å². The molecule has 0 spiro atoms. The second-order valence-electron chi connectivity index (χ2n) is 7.51. The molecule has 0 aliphatic carbocycles. The number of nitriles is 2. The molecule has 0 atom stereocenters. The highest BCUT2D eigenvalue weighted by molar-refractivity contribution is 9.10. The highest BCUT2D eigenvalue weighted by atomic mass is 79.9. The first-order valence-corrected chi connectivity index (χ1v) is 12.7. The van der Waals surface area contributed by atoms with Gasteiger partial charge in [-0.2, -0.15) is 10.5 Å². The predicted molar refractivity (Wildman–Crippen MR) is 140 cm³/mol. The maximum absolute atomic E-state index is 9.07. The zero-order chi connectivity index (χ0) is 23.2. The molecule has 160 valence electrons. The van der Waals surface area contributed by atoms with Crippen LogP contribution in [0, 0.1) is 22.7 Å². The fraction of sp³-hybridized carbons (Fsp3) is 0.0714. The van der Waals surface area contributed by atoms with E-state index in [-0.39, 0.29) is 0 Å². The van der Waals surface area contributed by atoms with Crippen molar-refractivity contribution >= 4 is 43.6 Å². The van der Waals surface area contributed by atoms with E-state index in [0.29, 0.717) is 11.1 Å². The van der Waals surface area contributed by atoms with Crippen LogP contribution in [-0.2, 0) is 12.8 Å². The minimum atomic E-state index is 0.669. The van der Waals surface area contributed by atoms with Gasteiger partial charge in [0.2, 0.25) is 0 Å². The molecule has 0 N–H and O–H groups in total. The average molecular weight is 574 g/mol. The molecule has 5 heteroatoms. The van der Waals surface area contributed by atoms with Crippen LogP contribution in [-0.4, -0.2) is 0 Å². The van der Waals surface area contributed by atoms with E-state index in [9.17, 15) is 0 Å². The Kier molecular flexibility index (Phi) is 7.68. The van der Waals surface area contributed by atoms with E-state index < -0.39 is 0 Å². The first-order chi connectivity index (χ1) is 16.1. The highest BCUT2D eigenvalue weighted by Gasteiger charge is 2.14. The van der Waals surface area contributed by atoms with Crippen molar-refractivity contribution in [2.24, 2.45) is 0 Å². The lowest BCUT2D eigenvalue weighted by Crippen LogP contribution is -1.96. The zero-order valence-corrected chi connectivity index (χ0v) is 21.5. The average Bonchev–Trinajstić information content (AvgIpc) is 2.84. The molecular weight excluding hydrogens is 556 g/mol. The summed E-state index contributed by atoms with van der Waals surface area (Å²) in [6, 6.07) is 32.4. The van der Waals surface area contributed by atoms with Gasteiger partial charge in [0, 0.05) is 18.7 Å². The largest absolute Gasteiger partial charge is 0.192 e. The molecule has 4 aromatic rings. The van der Waals surface area contributed by atoms with Gasteiger partial charge < -0.3 is 0 Å². The molecule has 0 bridgehead atoms. The summed E-state index contributed by atoms with van der Waals surface area (Å²) in [6.45, 7) is 0. The summed E-state index contributed by atoms with van der Waals surface area (Å²) in [5.41, 5.74) is 6.10. The molecule has 0 heterocycles. The number of hydrogen-bond acceptors (Lipinski definition) is 3. The Morgan fingerprint density at radius 3 is 1.33 bits per heavy atom. The first-order valence-electron chi connectivity index (χ1n) is 10.3. The van der Waals surface area contributed by atoms with Crippen molar-refractivity contribution in [3.63, 3.8) is 0 Å². The third-order valence-electron chi connectivity index (χ3n) is 5.30. The summed E-state index contributed by atoms with van der Waals surface area (Å²) in [5.74, 6) is 0. The number of nitrogens with zero attached hydrogens (tertiary/aromatic N) is 2. The third kappa shape index (κ3) is 5.75. The number of hydrogen-bond donors (Lipinski definition) is 0. The SMILES string of the molecule is N#Cc1ccc(Cc2c(Br)cccc2Sc2cccc(Br)c2Cc2ccc(C#N)cc2)cc1. The van der Waals surface area contributed by atoms with Gasteiger partial charge >= 0.3 is 0 Å². The molecule has 0 unspecified atom stereocenters. The lowest BCUT2D eigenvalue weighted by atomic mass is 10.0. The molecule has 4 aromatic carbocycles.